The number of esters is 1. The van der Waals surface area contributed by atoms with E-state index in [1.54, 1.807) is 56.6 Å². The van der Waals surface area contributed by atoms with E-state index in [1.807, 2.05) is 0 Å². The van der Waals surface area contributed by atoms with Gasteiger partial charge in [0, 0.05) is 19.1 Å². The molecule has 120 valence electrons. The molecule has 5 nitrogen and oxygen atoms in total. The topological polar surface area (TPSA) is 55.8 Å². The summed E-state index contributed by atoms with van der Waals surface area (Å²) in [7, 11) is 3.29. The lowest BCUT2D eigenvalue weighted by molar-refractivity contribution is -0.130. The van der Waals surface area contributed by atoms with Crippen LogP contribution in [-0.2, 0) is 4.79 Å². The van der Waals surface area contributed by atoms with E-state index in [1.165, 1.54) is 11.0 Å². The molecule has 0 atom stereocenters. The highest BCUT2D eigenvalue weighted by atomic mass is 35.5. The molecule has 2 rings (SSSR count). The van der Waals surface area contributed by atoms with Gasteiger partial charge in [-0.2, -0.15) is 0 Å². The fourth-order valence-electron chi connectivity index (χ4n) is 1.68. The van der Waals surface area contributed by atoms with Crippen molar-refractivity contribution >= 4 is 23.5 Å². The molecule has 0 unspecified atom stereocenters. The molecule has 0 aliphatic rings. The van der Waals surface area contributed by atoms with Gasteiger partial charge in [-0.05, 0) is 36.4 Å². The van der Waals surface area contributed by atoms with Crippen LogP contribution in [0.4, 0.5) is 0 Å². The van der Waals surface area contributed by atoms with Gasteiger partial charge in [0.2, 0.25) is 0 Å². The molecule has 0 N–H and O–H groups in total. The SMILES string of the molecule is CN(C)C(=O)COc1cccc(C(=O)Oc2cccc(Cl)c2)c1. The van der Waals surface area contributed by atoms with Crippen molar-refractivity contribution in [3.05, 3.63) is 59.1 Å². The number of hydrogen-bond donors (Lipinski definition) is 0. The zero-order chi connectivity index (χ0) is 16.8. The molecule has 0 aromatic heterocycles. The number of hydrogen-bond acceptors (Lipinski definition) is 4. The largest absolute Gasteiger partial charge is 0.484 e. The second-order valence-electron chi connectivity index (χ2n) is 4.95. The number of halogens is 1. The van der Waals surface area contributed by atoms with Gasteiger partial charge in [-0.15, -0.1) is 0 Å². The number of ether oxygens (including phenoxy) is 2. The molecule has 0 fully saturated rings. The fourth-order valence-corrected chi connectivity index (χ4v) is 1.86. The highest BCUT2D eigenvalue weighted by Gasteiger charge is 2.11. The van der Waals surface area contributed by atoms with E-state index >= 15 is 0 Å². The molecule has 0 aliphatic heterocycles. The lowest BCUT2D eigenvalue weighted by Crippen LogP contribution is -2.27. The Morgan fingerprint density at radius 2 is 1.74 bits per heavy atom. The number of nitrogens with zero attached hydrogens (tertiary/aromatic N) is 1. The zero-order valence-corrected chi connectivity index (χ0v) is 13.5. The van der Waals surface area contributed by atoms with Crippen LogP contribution < -0.4 is 9.47 Å². The second-order valence-corrected chi connectivity index (χ2v) is 5.39. The monoisotopic (exact) mass is 333 g/mol. The Morgan fingerprint density at radius 3 is 2.43 bits per heavy atom. The summed E-state index contributed by atoms with van der Waals surface area (Å²) >= 11 is 5.85. The van der Waals surface area contributed by atoms with E-state index in [2.05, 4.69) is 0 Å². The number of likely N-dealkylation sites (N-methyl/N-ethyl adjacent to an activating group) is 1. The molecule has 0 bridgehead atoms. The summed E-state index contributed by atoms with van der Waals surface area (Å²) in [6.45, 7) is -0.0974. The molecular weight excluding hydrogens is 318 g/mol. The van der Waals surface area contributed by atoms with Crippen LogP contribution in [0.3, 0.4) is 0 Å². The van der Waals surface area contributed by atoms with E-state index in [-0.39, 0.29) is 12.5 Å². The van der Waals surface area contributed by atoms with Gasteiger partial charge in [-0.1, -0.05) is 23.7 Å². The van der Waals surface area contributed by atoms with Crippen molar-refractivity contribution in [2.24, 2.45) is 0 Å². The summed E-state index contributed by atoms with van der Waals surface area (Å²) in [5.41, 5.74) is 0.319. The van der Waals surface area contributed by atoms with Crippen LogP contribution in [0.5, 0.6) is 11.5 Å². The summed E-state index contributed by atoms with van der Waals surface area (Å²) in [5, 5.41) is 0.481. The molecule has 1 amide bonds. The van der Waals surface area contributed by atoms with Crippen molar-refractivity contribution < 1.29 is 19.1 Å². The van der Waals surface area contributed by atoms with E-state index in [0.29, 0.717) is 22.1 Å². The van der Waals surface area contributed by atoms with Gasteiger partial charge >= 0.3 is 5.97 Å². The van der Waals surface area contributed by atoms with Crippen molar-refractivity contribution in [2.45, 2.75) is 0 Å². The summed E-state index contributed by atoms with van der Waals surface area (Å²) in [6.07, 6.45) is 0. The van der Waals surface area contributed by atoms with Crippen LogP contribution in [0.1, 0.15) is 10.4 Å². The van der Waals surface area contributed by atoms with Crippen LogP contribution >= 0.6 is 11.6 Å². The van der Waals surface area contributed by atoms with E-state index < -0.39 is 5.97 Å². The maximum absolute atomic E-state index is 12.1. The van der Waals surface area contributed by atoms with Gasteiger partial charge in [0.1, 0.15) is 11.5 Å². The molecule has 0 heterocycles. The molecule has 0 saturated heterocycles. The molecular formula is C17H16ClNO4. The van der Waals surface area contributed by atoms with Crippen molar-refractivity contribution in [2.75, 3.05) is 20.7 Å². The van der Waals surface area contributed by atoms with Crippen molar-refractivity contribution in [3.8, 4) is 11.5 Å². The third-order valence-electron chi connectivity index (χ3n) is 2.94. The number of carbonyl (C=O) groups is 2. The number of rotatable bonds is 5. The first-order valence-corrected chi connectivity index (χ1v) is 7.24. The molecule has 2 aromatic carbocycles. The average molecular weight is 334 g/mol. The number of benzene rings is 2. The predicted molar refractivity (Wildman–Crippen MR) is 87.0 cm³/mol. The minimum Gasteiger partial charge on any atom is -0.484 e. The molecule has 0 aliphatic carbocycles. The normalized spacial score (nSPS) is 10.0. The van der Waals surface area contributed by atoms with Gasteiger partial charge in [0.15, 0.2) is 6.61 Å². The fraction of sp³-hybridized carbons (Fsp3) is 0.176. The molecule has 0 saturated carbocycles. The second kappa shape index (κ2) is 7.65. The maximum atomic E-state index is 12.1. The lowest BCUT2D eigenvalue weighted by atomic mass is 10.2. The molecule has 2 aromatic rings. The Bertz CT molecular complexity index is 715. The van der Waals surface area contributed by atoms with Crippen molar-refractivity contribution in [1.29, 1.82) is 0 Å². The summed E-state index contributed by atoms with van der Waals surface area (Å²) in [4.78, 5) is 25.1. The van der Waals surface area contributed by atoms with Crippen molar-refractivity contribution in [1.82, 2.24) is 4.90 Å². The Hall–Kier alpha value is -2.53. The van der Waals surface area contributed by atoms with Crippen LogP contribution in [0.2, 0.25) is 5.02 Å². The molecule has 6 heteroatoms. The Kier molecular flexibility index (Phi) is 5.60. The number of carbonyl (C=O) groups excluding carboxylic acids is 2. The Labute approximate surface area is 139 Å². The Balaban J connectivity index is 2.04. The quantitative estimate of drug-likeness (QED) is 0.623. The zero-order valence-electron chi connectivity index (χ0n) is 12.8. The summed E-state index contributed by atoms with van der Waals surface area (Å²) in [6, 6.07) is 13.0. The maximum Gasteiger partial charge on any atom is 0.343 e. The van der Waals surface area contributed by atoms with Crippen LogP contribution in [0, 0.1) is 0 Å². The first-order chi connectivity index (χ1) is 11.0. The third kappa shape index (κ3) is 5.00. The molecule has 0 spiro atoms. The highest BCUT2D eigenvalue weighted by Crippen LogP contribution is 2.20. The first kappa shape index (κ1) is 16.8. The van der Waals surface area contributed by atoms with Gasteiger partial charge in [-0.3, -0.25) is 4.79 Å². The standard InChI is InChI=1S/C17H16ClNO4/c1-19(2)16(20)11-22-14-7-3-5-12(9-14)17(21)23-15-8-4-6-13(18)10-15/h3-10H,11H2,1-2H3. The van der Waals surface area contributed by atoms with Gasteiger partial charge in [0.25, 0.3) is 5.91 Å². The van der Waals surface area contributed by atoms with Gasteiger partial charge in [0.05, 0.1) is 5.56 Å². The van der Waals surface area contributed by atoms with Crippen LogP contribution in [-0.4, -0.2) is 37.5 Å². The minimum atomic E-state index is -0.531. The smallest absolute Gasteiger partial charge is 0.343 e. The molecule has 23 heavy (non-hydrogen) atoms. The van der Waals surface area contributed by atoms with Gasteiger partial charge in [-0.25, -0.2) is 4.79 Å². The lowest BCUT2D eigenvalue weighted by Gasteiger charge is -2.12. The van der Waals surface area contributed by atoms with E-state index in [0.717, 1.165) is 0 Å². The van der Waals surface area contributed by atoms with Crippen LogP contribution in [0.25, 0.3) is 0 Å². The van der Waals surface area contributed by atoms with Gasteiger partial charge < -0.3 is 14.4 Å². The highest BCUT2D eigenvalue weighted by molar-refractivity contribution is 6.30. The summed E-state index contributed by atoms with van der Waals surface area (Å²) in [5.74, 6) is 0.0749. The molecule has 0 radical (unpaired) electrons. The first-order valence-electron chi connectivity index (χ1n) is 6.86. The number of amides is 1. The Morgan fingerprint density at radius 1 is 1.04 bits per heavy atom. The van der Waals surface area contributed by atoms with Crippen molar-refractivity contribution in [3.63, 3.8) is 0 Å². The van der Waals surface area contributed by atoms with E-state index in [4.69, 9.17) is 21.1 Å². The minimum absolute atomic E-state index is 0.0974. The average Bonchev–Trinajstić information content (AvgIpc) is 2.52. The summed E-state index contributed by atoms with van der Waals surface area (Å²) < 4.78 is 10.6. The predicted octanol–water partition coefficient (Wildman–Crippen LogP) is 3.03. The van der Waals surface area contributed by atoms with E-state index in [9.17, 15) is 9.59 Å². The third-order valence-corrected chi connectivity index (χ3v) is 3.17. The van der Waals surface area contributed by atoms with Crippen LogP contribution in [0.15, 0.2) is 48.5 Å².